The first kappa shape index (κ1) is 11.9. The summed E-state index contributed by atoms with van der Waals surface area (Å²) in [6, 6.07) is 7.82. The molecular weight excluding hydrogens is 186 g/mol. The highest BCUT2D eigenvalue weighted by Gasteiger charge is 2.16. The Morgan fingerprint density at radius 1 is 1.27 bits per heavy atom. The minimum Gasteiger partial charge on any atom is -0.300 e. The minimum atomic E-state index is -0.0579. The Morgan fingerprint density at radius 3 is 2.20 bits per heavy atom. The fraction of sp³-hybridized carbons (Fsp3) is 0.462. The van der Waals surface area contributed by atoms with Crippen molar-refractivity contribution in [1.29, 1.82) is 0 Å². The van der Waals surface area contributed by atoms with Gasteiger partial charge >= 0.3 is 0 Å². The maximum Gasteiger partial charge on any atom is 0.179 e. The molecule has 82 valence electrons. The van der Waals surface area contributed by atoms with Gasteiger partial charge in [-0.1, -0.05) is 31.2 Å². The van der Waals surface area contributed by atoms with Crippen LogP contribution in [0.5, 0.6) is 0 Å². The summed E-state index contributed by atoms with van der Waals surface area (Å²) in [6.45, 7) is 4.04. The summed E-state index contributed by atoms with van der Waals surface area (Å²) >= 11 is 0. The first-order valence-corrected chi connectivity index (χ1v) is 5.35. The molecule has 2 nitrogen and oxygen atoms in total. The molecule has 0 radical (unpaired) electrons. The Hall–Kier alpha value is -1.15. The smallest absolute Gasteiger partial charge is 0.179 e. The fourth-order valence-corrected chi connectivity index (χ4v) is 1.38. The van der Waals surface area contributed by atoms with Gasteiger partial charge in [0.15, 0.2) is 5.78 Å². The molecule has 0 aliphatic rings. The van der Waals surface area contributed by atoms with E-state index in [9.17, 15) is 4.79 Å². The number of benzene rings is 1. The van der Waals surface area contributed by atoms with E-state index in [4.69, 9.17) is 0 Å². The molecule has 0 bridgehead atoms. The normalized spacial score (nSPS) is 12.9. The number of ketones is 1. The van der Waals surface area contributed by atoms with Crippen LogP contribution in [0.15, 0.2) is 24.3 Å². The molecule has 0 aromatic heterocycles. The third-order valence-electron chi connectivity index (χ3n) is 2.80. The van der Waals surface area contributed by atoms with Crippen LogP contribution in [0.2, 0.25) is 0 Å². The molecule has 0 fully saturated rings. The van der Waals surface area contributed by atoms with Gasteiger partial charge in [-0.15, -0.1) is 0 Å². The molecule has 1 atom stereocenters. The number of aryl methyl sites for hydroxylation is 1. The highest BCUT2D eigenvalue weighted by Crippen LogP contribution is 2.09. The lowest BCUT2D eigenvalue weighted by Gasteiger charge is -2.18. The topological polar surface area (TPSA) is 20.3 Å². The molecule has 0 aliphatic heterocycles. The zero-order chi connectivity index (χ0) is 11.4. The molecule has 0 spiro atoms. The van der Waals surface area contributed by atoms with Crippen molar-refractivity contribution in [2.75, 3.05) is 14.1 Å². The average Bonchev–Trinajstić information content (AvgIpc) is 2.27. The zero-order valence-electron chi connectivity index (χ0n) is 9.95. The second kappa shape index (κ2) is 5.08. The lowest BCUT2D eigenvalue weighted by molar-refractivity contribution is 0.0890. The number of nitrogens with zero attached hydrogens (tertiary/aromatic N) is 1. The first-order chi connectivity index (χ1) is 7.06. The fourth-order valence-electron chi connectivity index (χ4n) is 1.38. The molecule has 0 heterocycles. The molecule has 2 heteroatoms. The van der Waals surface area contributed by atoms with Gasteiger partial charge in [-0.05, 0) is 33.0 Å². The molecule has 1 unspecified atom stereocenters. The number of hydrogen-bond donors (Lipinski definition) is 0. The van der Waals surface area contributed by atoms with E-state index < -0.39 is 0 Å². The van der Waals surface area contributed by atoms with Crippen molar-refractivity contribution in [1.82, 2.24) is 4.90 Å². The minimum absolute atomic E-state index is 0.0579. The lowest BCUT2D eigenvalue weighted by atomic mass is 10.0. The largest absolute Gasteiger partial charge is 0.300 e. The average molecular weight is 205 g/mol. The van der Waals surface area contributed by atoms with Crippen LogP contribution in [0.25, 0.3) is 0 Å². The van der Waals surface area contributed by atoms with Crippen molar-refractivity contribution in [3.8, 4) is 0 Å². The van der Waals surface area contributed by atoms with Crippen LogP contribution >= 0.6 is 0 Å². The van der Waals surface area contributed by atoms with Crippen LogP contribution in [-0.2, 0) is 6.42 Å². The summed E-state index contributed by atoms with van der Waals surface area (Å²) in [5.41, 5.74) is 2.07. The van der Waals surface area contributed by atoms with Crippen LogP contribution in [0.1, 0.15) is 29.8 Å². The summed E-state index contributed by atoms with van der Waals surface area (Å²) in [5.74, 6) is 0.183. The van der Waals surface area contributed by atoms with Gasteiger partial charge in [0.1, 0.15) is 0 Å². The molecule has 0 N–H and O–H groups in total. The molecule has 0 aliphatic carbocycles. The zero-order valence-corrected chi connectivity index (χ0v) is 9.95. The maximum absolute atomic E-state index is 11.9. The molecule has 0 saturated carbocycles. The van der Waals surface area contributed by atoms with Gasteiger partial charge in [0, 0.05) is 5.56 Å². The molecular formula is C13H19NO. The Balaban J connectivity index is 2.83. The number of rotatable bonds is 4. The number of carbonyl (C=O) groups excluding carboxylic acids is 1. The SMILES string of the molecule is CCc1ccc(C(=O)C(C)N(C)C)cc1. The van der Waals surface area contributed by atoms with Crippen LogP contribution < -0.4 is 0 Å². The summed E-state index contributed by atoms with van der Waals surface area (Å²) in [4.78, 5) is 13.9. The summed E-state index contributed by atoms with van der Waals surface area (Å²) in [5, 5.41) is 0. The van der Waals surface area contributed by atoms with Crippen LogP contribution in [0.3, 0.4) is 0 Å². The highest BCUT2D eigenvalue weighted by atomic mass is 16.1. The lowest BCUT2D eigenvalue weighted by Crippen LogP contribution is -2.32. The summed E-state index contributed by atoms with van der Waals surface area (Å²) in [6.07, 6.45) is 1.01. The van der Waals surface area contributed by atoms with E-state index in [1.165, 1.54) is 5.56 Å². The van der Waals surface area contributed by atoms with Crippen LogP contribution in [0, 0.1) is 0 Å². The molecule has 0 saturated heterocycles. The van der Waals surface area contributed by atoms with E-state index in [2.05, 4.69) is 6.92 Å². The molecule has 1 aromatic carbocycles. The molecule has 1 aromatic rings. The number of hydrogen-bond acceptors (Lipinski definition) is 2. The van der Waals surface area contributed by atoms with Gasteiger partial charge in [0.25, 0.3) is 0 Å². The first-order valence-electron chi connectivity index (χ1n) is 5.35. The van der Waals surface area contributed by atoms with Gasteiger partial charge in [-0.25, -0.2) is 0 Å². The molecule has 1 rings (SSSR count). The van der Waals surface area contributed by atoms with Crippen molar-refractivity contribution in [2.24, 2.45) is 0 Å². The van der Waals surface area contributed by atoms with Gasteiger partial charge in [-0.2, -0.15) is 0 Å². The Bertz CT molecular complexity index is 327. The van der Waals surface area contributed by atoms with E-state index in [1.54, 1.807) is 0 Å². The molecule has 15 heavy (non-hydrogen) atoms. The Kier molecular flexibility index (Phi) is 4.04. The second-order valence-corrected chi connectivity index (χ2v) is 4.05. The highest BCUT2D eigenvalue weighted by molar-refractivity contribution is 5.99. The second-order valence-electron chi connectivity index (χ2n) is 4.05. The van der Waals surface area contributed by atoms with Gasteiger partial charge in [0.05, 0.1) is 6.04 Å². The molecule has 0 amide bonds. The summed E-state index contributed by atoms with van der Waals surface area (Å²) < 4.78 is 0. The summed E-state index contributed by atoms with van der Waals surface area (Å²) in [7, 11) is 3.84. The number of likely N-dealkylation sites (N-methyl/N-ethyl adjacent to an activating group) is 1. The van der Waals surface area contributed by atoms with Crippen molar-refractivity contribution in [2.45, 2.75) is 26.3 Å². The third-order valence-corrected chi connectivity index (χ3v) is 2.80. The van der Waals surface area contributed by atoms with E-state index in [1.807, 2.05) is 50.2 Å². The van der Waals surface area contributed by atoms with Crippen molar-refractivity contribution >= 4 is 5.78 Å². The van der Waals surface area contributed by atoms with Gasteiger partial charge < -0.3 is 0 Å². The van der Waals surface area contributed by atoms with Crippen molar-refractivity contribution in [3.63, 3.8) is 0 Å². The predicted molar refractivity (Wildman–Crippen MR) is 63.3 cm³/mol. The standard InChI is InChI=1S/C13H19NO/c1-5-11-6-8-12(9-7-11)13(15)10(2)14(3)4/h6-10H,5H2,1-4H3. The maximum atomic E-state index is 11.9. The third kappa shape index (κ3) is 2.90. The van der Waals surface area contributed by atoms with Crippen LogP contribution in [-0.4, -0.2) is 30.8 Å². The van der Waals surface area contributed by atoms with E-state index in [-0.39, 0.29) is 11.8 Å². The van der Waals surface area contributed by atoms with Gasteiger partial charge in [0.2, 0.25) is 0 Å². The van der Waals surface area contributed by atoms with Crippen LogP contribution in [0.4, 0.5) is 0 Å². The monoisotopic (exact) mass is 205 g/mol. The van der Waals surface area contributed by atoms with E-state index in [0.717, 1.165) is 12.0 Å². The quantitative estimate of drug-likeness (QED) is 0.703. The Morgan fingerprint density at radius 2 is 1.80 bits per heavy atom. The van der Waals surface area contributed by atoms with E-state index in [0.29, 0.717) is 0 Å². The number of Topliss-reactive ketones (excluding diaryl/α,β-unsaturated/α-hetero) is 1. The Labute approximate surface area is 91.9 Å². The van der Waals surface area contributed by atoms with E-state index >= 15 is 0 Å². The van der Waals surface area contributed by atoms with Crippen molar-refractivity contribution in [3.05, 3.63) is 35.4 Å². The van der Waals surface area contributed by atoms with Crippen molar-refractivity contribution < 1.29 is 4.79 Å². The van der Waals surface area contributed by atoms with Gasteiger partial charge in [-0.3, -0.25) is 9.69 Å². The number of carbonyl (C=O) groups is 1. The predicted octanol–water partition coefficient (Wildman–Crippen LogP) is 2.38.